The monoisotopic (exact) mass is 323 g/mol. The average Bonchev–Trinajstić information content (AvgIpc) is 3.05. The number of benzene rings is 2. The second kappa shape index (κ2) is 6.07. The number of carbonyl (C=O) groups is 1. The lowest BCUT2D eigenvalue weighted by atomic mass is 9.95. The highest BCUT2D eigenvalue weighted by Gasteiger charge is 2.26. The first kappa shape index (κ1) is 14.9. The Morgan fingerprint density at radius 1 is 1.12 bits per heavy atom. The fraction of sp³-hybridized carbons (Fsp3) is 0.263. The Labute approximate surface area is 139 Å². The predicted octanol–water partition coefficient (Wildman–Crippen LogP) is 3.72. The molecule has 0 bridgehead atoms. The fourth-order valence-electron chi connectivity index (χ4n) is 3.33. The summed E-state index contributed by atoms with van der Waals surface area (Å²) < 4.78 is 13.3. The number of nitrogens with zero attached hydrogens (tertiary/aromatic N) is 2. The summed E-state index contributed by atoms with van der Waals surface area (Å²) >= 11 is 0. The number of hydrogen-bond donors (Lipinski definition) is 1. The summed E-state index contributed by atoms with van der Waals surface area (Å²) in [4.78, 5) is 22.3. The number of aromatic amines is 1. The lowest BCUT2D eigenvalue weighted by Gasteiger charge is -2.31. The molecule has 4 nitrogen and oxygen atoms in total. The molecular weight excluding hydrogens is 305 g/mol. The molecule has 0 saturated carbocycles. The zero-order chi connectivity index (χ0) is 16.5. The number of para-hydroxylation sites is 2. The predicted molar refractivity (Wildman–Crippen MR) is 90.4 cm³/mol. The zero-order valence-corrected chi connectivity index (χ0v) is 13.2. The van der Waals surface area contributed by atoms with Gasteiger partial charge in [-0.3, -0.25) is 4.79 Å². The van der Waals surface area contributed by atoms with Crippen LogP contribution >= 0.6 is 0 Å². The first-order valence-electron chi connectivity index (χ1n) is 8.20. The van der Waals surface area contributed by atoms with Gasteiger partial charge in [0.05, 0.1) is 11.0 Å². The molecule has 1 N–H and O–H groups in total. The van der Waals surface area contributed by atoms with Crippen LogP contribution in [0, 0.1) is 5.82 Å². The molecule has 0 atom stereocenters. The number of carbonyl (C=O) groups excluding carboxylic acids is 1. The highest BCUT2D eigenvalue weighted by atomic mass is 19.1. The van der Waals surface area contributed by atoms with Gasteiger partial charge in [-0.1, -0.05) is 18.2 Å². The summed E-state index contributed by atoms with van der Waals surface area (Å²) in [6, 6.07) is 13.9. The van der Waals surface area contributed by atoms with Crippen LogP contribution in [0.3, 0.4) is 0 Å². The highest BCUT2D eigenvalue weighted by molar-refractivity contribution is 5.94. The number of piperidine rings is 1. The van der Waals surface area contributed by atoms with Crippen molar-refractivity contribution in [3.63, 3.8) is 0 Å². The van der Waals surface area contributed by atoms with Crippen LogP contribution in [0.15, 0.2) is 48.5 Å². The number of fused-ring (bicyclic) bond motifs is 1. The van der Waals surface area contributed by atoms with E-state index in [-0.39, 0.29) is 11.7 Å². The average molecular weight is 323 g/mol. The first-order valence-corrected chi connectivity index (χ1v) is 8.20. The van der Waals surface area contributed by atoms with Gasteiger partial charge in [0.1, 0.15) is 11.6 Å². The molecule has 4 rings (SSSR count). The van der Waals surface area contributed by atoms with E-state index in [2.05, 4.69) is 9.97 Å². The van der Waals surface area contributed by atoms with Gasteiger partial charge in [0.2, 0.25) is 0 Å². The van der Waals surface area contributed by atoms with E-state index in [4.69, 9.17) is 0 Å². The van der Waals surface area contributed by atoms with Crippen molar-refractivity contribution < 1.29 is 9.18 Å². The summed E-state index contributed by atoms with van der Waals surface area (Å²) in [6.07, 6.45) is 1.72. The van der Waals surface area contributed by atoms with Gasteiger partial charge in [-0.15, -0.1) is 0 Å². The smallest absolute Gasteiger partial charge is 0.253 e. The van der Waals surface area contributed by atoms with Crippen LogP contribution in [0.25, 0.3) is 11.0 Å². The second-order valence-electron chi connectivity index (χ2n) is 6.22. The summed E-state index contributed by atoms with van der Waals surface area (Å²) in [7, 11) is 0. The molecule has 0 aliphatic carbocycles. The van der Waals surface area contributed by atoms with Gasteiger partial charge in [0.15, 0.2) is 0 Å². The number of likely N-dealkylation sites (tertiary alicyclic amines) is 1. The van der Waals surface area contributed by atoms with E-state index in [9.17, 15) is 9.18 Å². The van der Waals surface area contributed by atoms with Crippen molar-refractivity contribution >= 4 is 16.9 Å². The summed E-state index contributed by atoms with van der Waals surface area (Å²) in [5.41, 5.74) is 2.44. The molecule has 1 amide bonds. The van der Waals surface area contributed by atoms with Gasteiger partial charge in [0.25, 0.3) is 5.91 Å². The number of amides is 1. The molecule has 1 aromatic heterocycles. The molecule has 5 heteroatoms. The Hall–Kier alpha value is -2.69. The Morgan fingerprint density at radius 2 is 1.92 bits per heavy atom. The number of hydrogen-bond acceptors (Lipinski definition) is 2. The number of halogens is 1. The molecule has 122 valence electrons. The van der Waals surface area contributed by atoms with Gasteiger partial charge < -0.3 is 9.88 Å². The van der Waals surface area contributed by atoms with Gasteiger partial charge in [0, 0.05) is 24.6 Å². The third kappa shape index (κ3) is 2.77. The summed E-state index contributed by atoms with van der Waals surface area (Å²) in [5, 5.41) is 0. The van der Waals surface area contributed by atoms with Crippen molar-refractivity contribution in [1.82, 2.24) is 14.9 Å². The molecule has 1 aliphatic heterocycles. The van der Waals surface area contributed by atoms with Crippen LogP contribution in [0.5, 0.6) is 0 Å². The highest BCUT2D eigenvalue weighted by Crippen LogP contribution is 2.28. The Kier molecular flexibility index (Phi) is 3.76. The molecule has 3 aromatic rings. The Bertz CT molecular complexity index is 848. The maximum absolute atomic E-state index is 13.3. The lowest BCUT2D eigenvalue weighted by Crippen LogP contribution is -2.38. The molecule has 2 aromatic carbocycles. The van der Waals surface area contributed by atoms with E-state index < -0.39 is 0 Å². The first-order chi connectivity index (χ1) is 11.7. The molecule has 1 fully saturated rings. The standard InChI is InChI=1S/C19H18FN3O/c20-15-5-3-4-14(12-15)19(24)23-10-8-13(9-11-23)18-21-16-6-1-2-7-17(16)22-18/h1-7,12-13H,8-11H2,(H,21,22). The molecule has 0 spiro atoms. The summed E-state index contributed by atoms with van der Waals surface area (Å²) in [6.45, 7) is 1.33. The normalized spacial score (nSPS) is 15.8. The quantitative estimate of drug-likeness (QED) is 0.781. The molecule has 0 radical (unpaired) electrons. The van der Waals surface area contributed by atoms with Crippen molar-refractivity contribution in [3.8, 4) is 0 Å². The van der Waals surface area contributed by atoms with Crippen LogP contribution in [-0.4, -0.2) is 33.9 Å². The van der Waals surface area contributed by atoms with E-state index in [0.29, 0.717) is 24.6 Å². The minimum atomic E-state index is -0.377. The van der Waals surface area contributed by atoms with Crippen molar-refractivity contribution in [2.45, 2.75) is 18.8 Å². The van der Waals surface area contributed by atoms with Crippen LogP contribution < -0.4 is 0 Å². The Balaban J connectivity index is 1.45. The van der Waals surface area contributed by atoms with Crippen molar-refractivity contribution in [2.24, 2.45) is 0 Å². The van der Waals surface area contributed by atoms with E-state index in [1.807, 2.05) is 24.3 Å². The molecule has 2 heterocycles. The van der Waals surface area contributed by atoms with Gasteiger partial charge >= 0.3 is 0 Å². The third-order valence-corrected chi connectivity index (χ3v) is 4.65. The van der Waals surface area contributed by atoms with E-state index in [1.165, 1.54) is 12.1 Å². The van der Waals surface area contributed by atoms with Crippen LogP contribution in [0.4, 0.5) is 4.39 Å². The van der Waals surface area contributed by atoms with Crippen molar-refractivity contribution in [2.75, 3.05) is 13.1 Å². The van der Waals surface area contributed by atoms with Crippen molar-refractivity contribution in [1.29, 1.82) is 0 Å². The van der Waals surface area contributed by atoms with Gasteiger partial charge in [-0.2, -0.15) is 0 Å². The van der Waals surface area contributed by atoms with Crippen molar-refractivity contribution in [3.05, 3.63) is 65.7 Å². The third-order valence-electron chi connectivity index (χ3n) is 4.65. The molecule has 24 heavy (non-hydrogen) atoms. The number of rotatable bonds is 2. The summed E-state index contributed by atoms with van der Waals surface area (Å²) in [5.74, 6) is 0.846. The van der Waals surface area contributed by atoms with E-state index >= 15 is 0 Å². The molecular formula is C19H18FN3O. The second-order valence-corrected chi connectivity index (χ2v) is 6.22. The van der Waals surface area contributed by atoms with Crippen LogP contribution in [0.1, 0.15) is 34.9 Å². The van der Waals surface area contributed by atoms with Gasteiger partial charge in [-0.25, -0.2) is 9.37 Å². The van der Waals surface area contributed by atoms with E-state index in [1.54, 1.807) is 17.0 Å². The van der Waals surface area contributed by atoms with Crippen LogP contribution in [0.2, 0.25) is 0 Å². The van der Waals surface area contributed by atoms with Crippen LogP contribution in [-0.2, 0) is 0 Å². The number of H-pyrrole nitrogens is 1. The molecule has 1 aliphatic rings. The zero-order valence-electron chi connectivity index (χ0n) is 13.2. The largest absolute Gasteiger partial charge is 0.342 e. The lowest BCUT2D eigenvalue weighted by molar-refractivity contribution is 0.0711. The molecule has 1 saturated heterocycles. The van der Waals surface area contributed by atoms with E-state index in [0.717, 1.165) is 29.7 Å². The van der Waals surface area contributed by atoms with Gasteiger partial charge in [-0.05, 0) is 43.2 Å². The number of aromatic nitrogens is 2. The number of nitrogens with one attached hydrogen (secondary N) is 1. The maximum Gasteiger partial charge on any atom is 0.253 e. The minimum absolute atomic E-state index is 0.0995. The fourth-order valence-corrected chi connectivity index (χ4v) is 3.33. The minimum Gasteiger partial charge on any atom is -0.342 e. The Morgan fingerprint density at radius 3 is 2.67 bits per heavy atom. The topological polar surface area (TPSA) is 49.0 Å². The number of imidazole rings is 1. The SMILES string of the molecule is O=C(c1cccc(F)c1)N1CCC(c2nc3ccccc3[nH]2)CC1. The maximum atomic E-state index is 13.3. The molecule has 0 unspecified atom stereocenters.